The highest BCUT2D eigenvalue weighted by Crippen LogP contribution is 2.39. The molecule has 0 aliphatic heterocycles. The third-order valence-corrected chi connectivity index (χ3v) is 8.28. The topological polar surface area (TPSA) is 9.23 Å². The minimum atomic E-state index is -0.284. The fourth-order valence-corrected chi connectivity index (χ4v) is 5.23. The average molecular weight is 539 g/mol. The van der Waals surface area contributed by atoms with Gasteiger partial charge in [-0.2, -0.15) is 0 Å². The number of rotatable bonds is 10. The molecule has 206 valence electrons. The third kappa shape index (κ3) is 9.44. The van der Waals surface area contributed by atoms with Crippen molar-refractivity contribution in [2.75, 3.05) is 13.8 Å². The largest absolute Gasteiger partial charge is 0.378 e. The van der Waals surface area contributed by atoms with Crippen LogP contribution >= 0.6 is 8.58 Å². The second kappa shape index (κ2) is 15.9. The zero-order chi connectivity index (χ0) is 28.1. The van der Waals surface area contributed by atoms with Crippen LogP contribution in [0.5, 0.6) is 0 Å². The number of hydrogen-bond acceptors (Lipinski definition) is 1. The number of allylic oxidation sites excluding steroid dienone is 5. The highest BCUT2D eigenvalue weighted by molar-refractivity contribution is 7.46. The van der Waals surface area contributed by atoms with E-state index >= 15 is 0 Å². The summed E-state index contributed by atoms with van der Waals surface area (Å²) in [7, 11) is 2.43. The molecule has 1 saturated carbocycles. The Morgan fingerprint density at radius 3 is 2.34 bits per heavy atom. The van der Waals surface area contributed by atoms with Crippen LogP contribution in [0, 0.1) is 5.82 Å². The zero-order valence-corrected chi connectivity index (χ0v) is 24.9. The lowest BCUT2D eigenvalue weighted by Crippen LogP contribution is -2.34. The van der Waals surface area contributed by atoms with Crippen LogP contribution in [0.15, 0.2) is 79.2 Å². The summed E-state index contributed by atoms with van der Waals surface area (Å²) in [5, 5.41) is 1.05. The van der Waals surface area contributed by atoms with Crippen molar-refractivity contribution in [3.05, 3.63) is 96.1 Å². The van der Waals surface area contributed by atoms with Gasteiger partial charge in [-0.1, -0.05) is 90.8 Å². The average Bonchev–Trinajstić information content (AvgIpc) is 2.95. The molecule has 1 aliphatic rings. The van der Waals surface area contributed by atoms with Crippen LogP contribution in [0.1, 0.15) is 76.8 Å². The van der Waals surface area contributed by atoms with Crippen LogP contribution in [-0.4, -0.2) is 19.4 Å². The molecule has 1 atom stereocenters. The summed E-state index contributed by atoms with van der Waals surface area (Å²) >= 11 is 0. The molecule has 0 saturated heterocycles. The van der Waals surface area contributed by atoms with Crippen LogP contribution in [0.2, 0.25) is 0 Å². The van der Waals surface area contributed by atoms with E-state index in [1.807, 2.05) is 33.1 Å². The maximum absolute atomic E-state index is 14.7. The summed E-state index contributed by atoms with van der Waals surface area (Å²) in [4.78, 5) is 0. The van der Waals surface area contributed by atoms with E-state index in [2.05, 4.69) is 44.9 Å². The molecule has 0 aromatic heterocycles. The maximum Gasteiger partial charge on any atom is 0.131 e. The van der Waals surface area contributed by atoms with Crippen LogP contribution in [0.25, 0.3) is 16.7 Å². The Labute approximate surface area is 231 Å². The minimum Gasteiger partial charge on any atom is -0.378 e. The van der Waals surface area contributed by atoms with Crippen molar-refractivity contribution >= 4 is 19.5 Å². The van der Waals surface area contributed by atoms with Crippen molar-refractivity contribution in [3.8, 4) is 11.1 Å². The summed E-state index contributed by atoms with van der Waals surface area (Å²) in [6, 6.07) is 12.0. The SMILES string of the molecule is C=C(CC1(OC)CCCCC1)c1cc(CC)cc(-c2ccc(PC)cc2F)c1.C=C/C(F)=C\C=C(/C)CC. The monoisotopic (exact) mass is 538 g/mol. The molecular formula is C34H45F2OP. The molecule has 38 heavy (non-hydrogen) atoms. The Morgan fingerprint density at radius 1 is 1.08 bits per heavy atom. The van der Waals surface area contributed by atoms with Crippen molar-refractivity contribution in [3.63, 3.8) is 0 Å². The summed E-state index contributed by atoms with van der Waals surface area (Å²) in [6.45, 7) is 15.9. The highest BCUT2D eigenvalue weighted by atomic mass is 31.1. The molecule has 1 fully saturated rings. The molecular weight excluding hydrogens is 493 g/mol. The molecule has 0 radical (unpaired) electrons. The lowest BCUT2D eigenvalue weighted by molar-refractivity contribution is -0.0346. The Balaban J connectivity index is 0.000000432. The molecule has 1 aliphatic carbocycles. The van der Waals surface area contributed by atoms with E-state index in [0.29, 0.717) is 14.1 Å². The van der Waals surface area contributed by atoms with Crippen molar-refractivity contribution in [1.29, 1.82) is 0 Å². The van der Waals surface area contributed by atoms with Gasteiger partial charge in [0.1, 0.15) is 11.6 Å². The Morgan fingerprint density at radius 2 is 1.79 bits per heavy atom. The fourth-order valence-electron chi connectivity index (χ4n) is 4.71. The zero-order valence-electron chi connectivity index (χ0n) is 23.9. The molecule has 0 heterocycles. The van der Waals surface area contributed by atoms with Crippen LogP contribution < -0.4 is 5.30 Å². The second-order valence-corrected chi connectivity index (χ2v) is 11.1. The van der Waals surface area contributed by atoms with Gasteiger partial charge in [0.15, 0.2) is 0 Å². The van der Waals surface area contributed by atoms with Crippen LogP contribution in [-0.2, 0) is 11.2 Å². The van der Waals surface area contributed by atoms with Gasteiger partial charge >= 0.3 is 0 Å². The number of benzene rings is 2. The van der Waals surface area contributed by atoms with E-state index in [0.717, 1.165) is 59.7 Å². The molecule has 2 aromatic rings. The second-order valence-electron chi connectivity index (χ2n) is 10.1. The van der Waals surface area contributed by atoms with Crippen LogP contribution in [0.3, 0.4) is 0 Å². The van der Waals surface area contributed by atoms with Gasteiger partial charge in [-0.05, 0) is 91.1 Å². The highest BCUT2D eigenvalue weighted by Gasteiger charge is 2.32. The normalized spacial score (nSPS) is 15.8. The van der Waals surface area contributed by atoms with E-state index in [4.69, 9.17) is 4.74 Å². The first-order chi connectivity index (χ1) is 18.2. The number of aryl methyl sites for hydroxylation is 1. The maximum atomic E-state index is 14.7. The van der Waals surface area contributed by atoms with Crippen LogP contribution in [0.4, 0.5) is 8.78 Å². The summed E-state index contributed by atoms with van der Waals surface area (Å²) in [6.07, 6.45) is 13.0. The van der Waals surface area contributed by atoms with Gasteiger partial charge in [-0.25, -0.2) is 8.78 Å². The molecule has 0 amide bonds. The lowest BCUT2D eigenvalue weighted by Gasteiger charge is -2.36. The molecule has 1 unspecified atom stereocenters. The van der Waals surface area contributed by atoms with Crippen molar-refractivity contribution in [2.45, 2.75) is 77.7 Å². The fraction of sp³-hybridized carbons (Fsp3) is 0.412. The predicted octanol–water partition coefficient (Wildman–Crippen LogP) is 10.1. The van der Waals surface area contributed by atoms with Gasteiger partial charge in [-0.15, -0.1) is 0 Å². The van der Waals surface area contributed by atoms with Crippen molar-refractivity contribution in [1.82, 2.24) is 0 Å². The van der Waals surface area contributed by atoms with Gasteiger partial charge in [0, 0.05) is 19.1 Å². The van der Waals surface area contributed by atoms with Crippen molar-refractivity contribution in [2.24, 2.45) is 0 Å². The Kier molecular flexibility index (Phi) is 13.3. The predicted molar refractivity (Wildman–Crippen MR) is 165 cm³/mol. The molecule has 3 rings (SSSR count). The summed E-state index contributed by atoms with van der Waals surface area (Å²) in [5.41, 5.74) is 6.10. The summed E-state index contributed by atoms with van der Waals surface area (Å²) in [5.74, 6) is -0.426. The first-order valence-electron chi connectivity index (χ1n) is 13.7. The number of ether oxygens (including phenoxy) is 1. The third-order valence-electron chi connectivity index (χ3n) is 7.39. The molecule has 0 spiro atoms. The first-order valence-corrected chi connectivity index (χ1v) is 15.2. The van der Waals surface area contributed by atoms with E-state index < -0.39 is 0 Å². The number of hydrogen-bond donors (Lipinski definition) is 0. The molecule has 0 bridgehead atoms. The molecule has 0 N–H and O–H groups in total. The number of halogens is 2. The minimum absolute atomic E-state index is 0.0906. The van der Waals surface area contributed by atoms with Gasteiger partial charge in [0.2, 0.25) is 0 Å². The van der Waals surface area contributed by atoms with E-state index in [1.54, 1.807) is 12.1 Å². The molecule has 4 heteroatoms. The number of methoxy groups -OCH3 is 1. The molecule has 2 aromatic carbocycles. The first kappa shape index (κ1) is 31.9. The van der Waals surface area contributed by atoms with E-state index in [1.165, 1.54) is 37.0 Å². The summed E-state index contributed by atoms with van der Waals surface area (Å²) < 4.78 is 33.0. The Hall–Kier alpha value is -2.35. The smallest absolute Gasteiger partial charge is 0.131 e. The molecule has 1 nitrogen and oxygen atoms in total. The van der Waals surface area contributed by atoms with E-state index in [-0.39, 0.29) is 17.2 Å². The Bertz CT molecular complexity index is 1140. The standard InChI is InChI=1S/C25H32FOP.C9H13F/c1-5-19-13-20(18(2)17-25(27-3)11-7-6-8-12-25)15-21(14-19)23-10-9-22(28-4)16-24(23)26;1-4-8(3)6-7-9(10)5-2/h9-10,13-16,28H,2,5-8,11-12,17H2,1,3-4H3;5-7H,2,4H2,1,3H3/b;8-6+,9-7+. The quantitative estimate of drug-likeness (QED) is 0.216. The van der Waals surface area contributed by atoms with Gasteiger partial charge in [-0.3, -0.25) is 0 Å². The van der Waals surface area contributed by atoms with Gasteiger partial charge in [0.25, 0.3) is 0 Å². The lowest BCUT2D eigenvalue weighted by atomic mass is 9.79. The van der Waals surface area contributed by atoms with Crippen molar-refractivity contribution < 1.29 is 13.5 Å². The van der Waals surface area contributed by atoms with Gasteiger partial charge < -0.3 is 4.74 Å². The van der Waals surface area contributed by atoms with Gasteiger partial charge in [0.05, 0.1) is 5.60 Å². The van der Waals surface area contributed by atoms with E-state index in [9.17, 15) is 8.78 Å².